The minimum absolute atomic E-state index is 0.120. The Morgan fingerprint density at radius 1 is 1.05 bits per heavy atom. The Labute approximate surface area is 238 Å². The van der Waals surface area contributed by atoms with Crippen molar-refractivity contribution >= 4 is 29.2 Å². The van der Waals surface area contributed by atoms with Crippen LogP contribution in [0.2, 0.25) is 0 Å². The van der Waals surface area contributed by atoms with Gasteiger partial charge in [0.05, 0.1) is 25.4 Å². The van der Waals surface area contributed by atoms with E-state index in [1.54, 1.807) is 25.9 Å². The molecule has 3 N–H and O–H groups in total. The highest BCUT2D eigenvalue weighted by molar-refractivity contribution is 6.99. The van der Waals surface area contributed by atoms with E-state index in [1.807, 2.05) is 60.7 Å². The number of anilines is 1. The third-order valence-corrected chi connectivity index (χ3v) is 7.45. The molecule has 1 aliphatic rings. The lowest BCUT2D eigenvalue weighted by Crippen LogP contribution is -2.49. The van der Waals surface area contributed by atoms with Crippen LogP contribution in [0.5, 0.6) is 5.88 Å². The number of methoxy groups -OCH3 is 1. The van der Waals surface area contributed by atoms with Crippen LogP contribution in [0.4, 0.5) is 5.69 Å². The second kappa shape index (κ2) is 11.6. The molecule has 3 aromatic carbocycles. The van der Waals surface area contributed by atoms with Gasteiger partial charge in [0.2, 0.25) is 11.8 Å². The summed E-state index contributed by atoms with van der Waals surface area (Å²) in [5.74, 6) is 0.168. The first kappa shape index (κ1) is 27.5. The van der Waals surface area contributed by atoms with Gasteiger partial charge in [-0.2, -0.15) is 4.37 Å². The molecule has 8 nitrogen and oxygen atoms in total. The van der Waals surface area contributed by atoms with Crippen LogP contribution in [-0.4, -0.2) is 39.3 Å². The Morgan fingerprint density at radius 3 is 2.48 bits per heavy atom. The van der Waals surface area contributed by atoms with Gasteiger partial charge in [0.15, 0.2) is 0 Å². The number of aryl methyl sites for hydroxylation is 1. The molecule has 0 saturated heterocycles. The summed E-state index contributed by atoms with van der Waals surface area (Å²) >= 11 is 1.12. The van der Waals surface area contributed by atoms with Gasteiger partial charge in [-0.05, 0) is 55.0 Å². The van der Waals surface area contributed by atoms with Gasteiger partial charge in [-0.25, -0.2) is 0 Å². The number of carbonyl (C=O) groups excluding carboxylic acids is 2. The maximum atomic E-state index is 13.8. The fourth-order valence-corrected chi connectivity index (χ4v) is 5.60. The van der Waals surface area contributed by atoms with E-state index in [0.717, 1.165) is 45.2 Å². The van der Waals surface area contributed by atoms with Crippen molar-refractivity contribution in [3.63, 3.8) is 0 Å². The van der Waals surface area contributed by atoms with Gasteiger partial charge >= 0.3 is 0 Å². The summed E-state index contributed by atoms with van der Waals surface area (Å²) in [6.45, 7) is 3.99. The van der Waals surface area contributed by atoms with Crippen LogP contribution in [0.25, 0.3) is 22.4 Å². The van der Waals surface area contributed by atoms with Crippen molar-refractivity contribution in [3.05, 3.63) is 83.9 Å². The van der Waals surface area contributed by atoms with Gasteiger partial charge in [0.1, 0.15) is 11.7 Å². The summed E-state index contributed by atoms with van der Waals surface area (Å²) in [6.07, 6.45) is 1.38. The normalized spacial score (nSPS) is 15.3. The lowest BCUT2D eigenvalue weighted by molar-refractivity contribution is -0.128. The number of hydrogen-bond acceptors (Lipinski definition) is 7. The molecule has 0 bridgehead atoms. The first-order valence-corrected chi connectivity index (χ1v) is 14.0. The van der Waals surface area contributed by atoms with E-state index in [2.05, 4.69) is 26.2 Å². The Bertz CT molecular complexity index is 1510. The molecular formula is C31H33N5O3S. The van der Waals surface area contributed by atoms with Crippen molar-refractivity contribution in [1.29, 1.82) is 0 Å². The van der Waals surface area contributed by atoms with E-state index in [0.29, 0.717) is 31.0 Å². The molecule has 0 saturated carbocycles. The van der Waals surface area contributed by atoms with Crippen LogP contribution in [0, 0.1) is 0 Å². The number of amides is 2. The van der Waals surface area contributed by atoms with Crippen LogP contribution in [0.1, 0.15) is 37.8 Å². The topological polar surface area (TPSA) is 110 Å². The van der Waals surface area contributed by atoms with Crippen molar-refractivity contribution in [2.24, 2.45) is 5.73 Å². The number of para-hydroxylation sites is 1. The van der Waals surface area contributed by atoms with Gasteiger partial charge in [-0.3, -0.25) is 9.59 Å². The quantitative estimate of drug-likeness (QED) is 0.318. The van der Waals surface area contributed by atoms with Crippen LogP contribution in [0.15, 0.2) is 72.8 Å². The Balaban J connectivity index is 1.41. The summed E-state index contributed by atoms with van der Waals surface area (Å²) < 4.78 is 14.1. The van der Waals surface area contributed by atoms with Gasteiger partial charge in [-0.1, -0.05) is 66.7 Å². The maximum Gasteiger partial charge on any atom is 0.253 e. The molecule has 0 spiro atoms. The zero-order valence-electron chi connectivity index (χ0n) is 22.9. The number of rotatable bonds is 8. The number of benzene rings is 3. The predicted octanol–water partition coefficient (Wildman–Crippen LogP) is 4.97. The summed E-state index contributed by atoms with van der Waals surface area (Å²) in [7, 11) is 1.59. The standard InChI is InChI=1S/C31H33N5O3S/c1-31(2,32)18-27(37)33-25-17-16-22-8-4-7-11-26(22)36(30(25)38)19-20-12-14-21(15-13-20)23-9-5-6-10-24(23)28-29(39-3)35-40-34-28/h4-15,25H,16-19,32H2,1-3H3,(H,33,37)/t25-/m1/s1. The van der Waals surface area contributed by atoms with Crippen molar-refractivity contribution in [2.45, 2.75) is 51.2 Å². The third kappa shape index (κ3) is 6.05. The number of fused-ring (bicyclic) bond motifs is 1. The molecule has 206 valence electrons. The highest BCUT2D eigenvalue weighted by Gasteiger charge is 2.32. The highest BCUT2D eigenvalue weighted by atomic mass is 32.1. The van der Waals surface area contributed by atoms with Crippen LogP contribution in [0.3, 0.4) is 0 Å². The smallest absolute Gasteiger partial charge is 0.253 e. The van der Waals surface area contributed by atoms with Crippen molar-refractivity contribution in [2.75, 3.05) is 12.0 Å². The number of nitrogens with zero attached hydrogens (tertiary/aromatic N) is 3. The fraction of sp³-hybridized carbons (Fsp3) is 0.290. The number of nitrogens with one attached hydrogen (secondary N) is 1. The summed E-state index contributed by atoms with van der Waals surface area (Å²) in [6, 6.07) is 23.5. The molecule has 0 aliphatic carbocycles. The molecule has 5 rings (SSSR count). The molecular weight excluding hydrogens is 522 g/mol. The predicted molar refractivity (Wildman–Crippen MR) is 158 cm³/mol. The SMILES string of the molecule is COc1nsnc1-c1ccccc1-c1ccc(CN2C(=O)[C@H](NC(=O)CC(C)(C)N)CCc3ccccc32)cc1. The van der Waals surface area contributed by atoms with E-state index in [4.69, 9.17) is 10.5 Å². The Hall–Kier alpha value is -4.08. The van der Waals surface area contributed by atoms with Crippen LogP contribution >= 0.6 is 11.7 Å². The molecule has 2 amide bonds. The minimum Gasteiger partial charge on any atom is -0.479 e. The first-order chi connectivity index (χ1) is 19.2. The zero-order chi connectivity index (χ0) is 28.3. The number of ether oxygens (including phenoxy) is 1. The second-order valence-corrected chi connectivity index (χ2v) is 11.3. The zero-order valence-corrected chi connectivity index (χ0v) is 23.7. The van der Waals surface area contributed by atoms with E-state index in [9.17, 15) is 9.59 Å². The largest absolute Gasteiger partial charge is 0.479 e. The van der Waals surface area contributed by atoms with Gasteiger partial charge < -0.3 is 20.7 Å². The van der Waals surface area contributed by atoms with E-state index >= 15 is 0 Å². The Morgan fingerprint density at radius 2 is 1.75 bits per heavy atom. The average Bonchev–Trinajstić information content (AvgIpc) is 3.38. The molecule has 1 aliphatic heterocycles. The molecule has 1 atom stereocenters. The average molecular weight is 556 g/mol. The Kier molecular flexibility index (Phi) is 7.95. The van der Waals surface area contributed by atoms with Crippen molar-refractivity contribution < 1.29 is 14.3 Å². The fourth-order valence-electron chi connectivity index (χ4n) is 5.06. The minimum atomic E-state index is -0.651. The molecule has 0 unspecified atom stereocenters. The molecule has 0 fully saturated rings. The molecule has 1 aromatic heterocycles. The van der Waals surface area contributed by atoms with Gasteiger partial charge in [-0.15, -0.1) is 4.37 Å². The molecule has 4 aromatic rings. The number of nitrogens with two attached hydrogens (primary N) is 1. The molecule has 9 heteroatoms. The maximum absolute atomic E-state index is 13.8. The van der Waals surface area contributed by atoms with Gasteiger partial charge in [0, 0.05) is 23.2 Å². The second-order valence-electron chi connectivity index (χ2n) is 10.7. The number of carbonyl (C=O) groups is 2. The van der Waals surface area contributed by atoms with Crippen LogP contribution in [-0.2, 0) is 22.6 Å². The molecule has 40 heavy (non-hydrogen) atoms. The highest BCUT2D eigenvalue weighted by Crippen LogP contribution is 2.36. The summed E-state index contributed by atoms with van der Waals surface area (Å²) in [4.78, 5) is 28.3. The molecule has 2 heterocycles. The molecule has 0 radical (unpaired) electrons. The number of hydrogen-bond donors (Lipinski definition) is 2. The summed E-state index contributed by atoms with van der Waals surface area (Å²) in [5, 5.41) is 2.94. The van der Waals surface area contributed by atoms with Crippen LogP contribution < -0.4 is 20.7 Å². The van der Waals surface area contributed by atoms with E-state index in [1.165, 1.54) is 0 Å². The van der Waals surface area contributed by atoms with Gasteiger partial charge in [0.25, 0.3) is 5.88 Å². The first-order valence-electron chi connectivity index (χ1n) is 13.3. The lowest BCUT2D eigenvalue weighted by Gasteiger charge is -2.27. The van der Waals surface area contributed by atoms with E-state index < -0.39 is 11.6 Å². The van der Waals surface area contributed by atoms with E-state index in [-0.39, 0.29) is 18.2 Å². The lowest BCUT2D eigenvalue weighted by atomic mass is 9.97. The third-order valence-electron chi connectivity index (χ3n) is 6.94. The number of aromatic nitrogens is 2. The van der Waals surface area contributed by atoms with Crippen molar-refractivity contribution in [1.82, 2.24) is 14.1 Å². The van der Waals surface area contributed by atoms with Crippen molar-refractivity contribution in [3.8, 4) is 28.3 Å². The monoisotopic (exact) mass is 555 g/mol. The summed E-state index contributed by atoms with van der Waals surface area (Å²) in [5.41, 5.74) is 12.0.